The largest absolute Gasteiger partial charge is 0.376 e. The Labute approximate surface area is 126 Å². The summed E-state index contributed by atoms with van der Waals surface area (Å²) in [5.41, 5.74) is 1.17. The average Bonchev–Trinajstić information content (AvgIpc) is 3.21. The molecule has 1 aliphatic carbocycles. The third-order valence-electron chi connectivity index (χ3n) is 4.26. The van der Waals surface area contributed by atoms with Crippen molar-refractivity contribution in [1.82, 2.24) is 9.97 Å². The lowest BCUT2D eigenvalue weighted by molar-refractivity contribution is 0.120. The summed E-state index contributed by atoms with van der Waals surface area (Å²) in [6, 6.07) is 2.50. The van der Waals surface area contributed by atoms with Crippen molar-refractivity contribution in [1.29, 1.82) is 0 Å². The minimum absolute atomic E-state index is 0.329. The summed E-state index contributed by atoms with van der Waals surface area (Å²) in [5.74, 6) is 2.31. The molecule has 0 amide bonds. The Morgan fingerprint density at radius 3 is 2.86 bits per heavy atom. The molecule has 2 atom stereocenters. The smallest absolute Gasteiger partial charge is 0.225 e. The van der Waals surface area contributed by atoms with Gasteiger partial charge < -0.3 is 15.4 Å². The molecule has 1 aromatic heterocycles. The molecule has 2 heterocycles. The quantitative estimate of drug-likeness (QED) is 0.808. The van der Waals surface area contributed by atoms with E-state index in [1.54, 1.807) is 0 Å². The van der Waals surface area contributed by atoms with Gasteiger partial charge in [0.15, 0.2) is 0 Å². The highest BCUT2D eigenvalue weighted by molar-refractivity contribution is 5.44. The zero-order valence-electron chi connectivity index (χ0n) is 13.1. The second-order valence-electron chi connectivity index (χ2n) is 6.25. The molecule has 2 N–H and O–H groups in total. The van der Waals surface area contributed by atoms with Crippen LogP contribution in [-0.4, -0.2) is 35.3 Å². The fraction of sp³-hybridized carbons (Fsp3) is 0.750. The molecule has 1 saturated carbocycles. The van der Waals surface area contributed by atoms with Crippen LogP contribution in [0.25, 0.3) is 0 Å². The van der Waals surface area contributed by atoms with Crippen LogP contribution in [0, 0.1) is 0 Å². The fourth-order valence-corrected chi connectivity index (χ4v) is 2.56. The SMILES string of the molecule is CC[C@@H](C)Nc1nc(NC[C@@H]2CCCO2)cc(C2CC2)n1. The van der Waals surface area contributed by atoms with Crippen LogP contribution >= 0.6 is 0 Å². The van der Waals surface area contributed by atoms with Crippen molar-refractivity contribution in [2.24, 2.45) is 0 Å². The van der Waals surface area contributed by atoms with Gasteiger partial charge in [-0.2, -0.15) is 4.98 Å². The van der Waals surface area contributed by atoms with Gasteiger partial charge in [-0.1, -0.05) is 6.92 Å². The summed E-state index contributed by atoms with van der Waals surface area (Å²) >= 11 is 0. The van der Waals surface area contributed by atoms with Gasteiger partial charge in [-0.3, -0.25) is 0 Å². The number of nitrogens with zero attached hydrogens (tertiary/aromatic N) is 2. The van der Waals surface area contributed by atoms with Crippen molar-refractivity contribution >= 4 is 11.8 Å². The molecule has 0 aromatic carbocycles. The number of hydrogen-bond donors (Lipinski definition) is 2. The first-order valence-electron chi connectivity index (χ1n) is 8.25. The molecule has 21 heavy (non-hydrogen) atoms. The van der Waals surface area contributed by atoms with Crippen molar-refractivity contribution in [2.45, 2.75) is 64.0 Å². The van der Waals surface area contributed by atoms with Crippen LogP contribution in [0.15, 0.2) is 6.07 Å². The highest BCUT2D eigenvalue weighted by Gasteiger charge is 2.26. The minimum atomic E-state index is 0.329. The second-order valence-corrected chi connectivity index (χ2v) is 6.25. The number of ether oxygens (including phenoxy) is 1. The standard InChI is InChI=1S/C16H26N4O/c1-3-11(2)18-16-19-14(12-6-7-12)9-15(20-16)17-10-13-5-4-8-21-13/h9,11-13H,3-8,10H2,1-2H3,(H2,17,18,19,20)/t11-,13+/m1/s1. The van der Waals surface area contributed by atoms with E-state index in [4.69, 9.17) is 4.74 Å². The number of nitrogens with one attached hydrogen (secondary N) is 2. The first kappa shape index (κ1) is 14.6. The Balaban J connectivity index is 1.68. The van der Waals surface area contributed by atoms with Gasteiger partial charge in [0, 0.05) is 31.2 Å². The van der Waals surface area contributed by atoms with Gasteiger partial charge >= 0.3 is 0 Å². The first-order valence-corrected chi connectivity index (χ1v) is 8.25. The highest BCUT2D eigenvalue weighted by atomic mass is 16.5. The lowest BCUT2D eigenvalue weighted by atomic mass is 10.2. The summed E-state index contributed by atoms with van der Waals surface area (Å²) in [5, 5.41) is 6.81. The topological polar surface area (TPSA) is 59.1 Å². The zero-order valence-corrected chi connectivity index (χ0v) is 13.1. The third kappa shape index (κ3) is 4.06. The van der Waals surface area contributed by atoms with Crippen LogP contribution in [0.3, 0.4) is 0 Å². The van der Waals surface area contributed by atoms with Gasteiger partial charge in [-0.25, -0.2) is 4.98 Å². The molecule has 3 rings (SSSR count). The fourth-order valence-electron chi connectivity index (χ4n) is 2.56. The van der Waals surface area contributed by atoms with Crippen molar-refractivity contribution in [3.8, 4) is 0 Å². The zero-order chi connectivity index (χ0) is 14.7. The maximum absolute atomic E-state index is 5.66. The molecule has 2 aliphatic rings. The van der Waals surface area contributed by atoms with Crippen LogP contribution in [0.1, 0.15) is 57.6 Å². The van der Waals surface area contributed by atoms with Crippen molar-refractivity contribution in [2.75, 3.05) is 23.8 Å². The van der Waals surface area contributed by atoms with Crippen LogP contribution in [0.5, 0.6) is 0 Å². The Bertz CT molecular complexity index is 469. The number of aromatic nitrogens is 2. The number of anilines is 2. The first-order chi connectivity index (χ1) is 10.2. The molecule has 2 fully saturated rings. The molecule has 1 aromatic rings. The molecule has 116 valence electrons. The molecule has 0 bridgehead atoms. The molecule has 0 radical (unpaired) electrons. The monoisotopic (exact) mass is 290 g/mol. The normalized spacial score (nSPS) is 23.0. The van der Waals surface area contributed by atoms with E-state index >= 15 is 0 Å². The molecule has 0 unspecified atom stereocenters. The van der Waals surface area contributed by atoms with Crippen molar-refractivity contribution in [3.05, 3.63) is 11.8 Å². The van der Waals surface area contributed by atoms with Gasteiger partial charge in [0.2, 0.25) is 5.95 Å². The van der Waals surface area contributed by atoms with Crippen LogP contribution in [0.4, 0.5) is 11.8 Å². The van der Waals surface area contributed by atoms with Gasteiger partial charge in [0.1, 0.15) is 5.82 Å². The predicted octanol–water partition coefficient (Wildman–Crippen LogP) is 3.16. The molecule has 0 spiro atoms. The Morgan fingerprint density at radius 1 is 1.33 bits per heavy atom. The van der Waals surface area contributed by atoms with E-state index in [1.165, 1.54) is 25.0 Å². The second kappa shape index (κ2) is 6.60. The van der Waals surface area contributed by atoms with Crippen molar-refractivity contribution in [3.63, 3.8) is 0 Å². The summed E-state index contributed by atoms with van der Waals surface area (Å²) in [7, 11) is 0. The van der Waals surface area contributed by atoms with E-state index in [0.717, 1.165) is 37.8 Å². The third-order valence-corrected chi connectivity index (χ3v) is 4.26. The summed E-state index contributed by atoms with van der Waals surface area (Å²) in [6.07, 6.45) is 6.22. The predicted molar refractivity (Wildman–Crippen MR) is 84.8 cm³/mol. The molecular formula is C16H26N4O. The molecule has 5 heteroatoms. The van der Waals surface area contributed by atoms with Gasteiger partial charge in [-0.05, 0) is 39.0 Å². The number of rotatable bonds is 7. The molecular weight excluding hydrogens is 264 g/mol. The maximum atomic E-state index is 5.66. The summed E-state index contributed by atoms with van der Waals surface area (Å²) < 4.78 is 5.66. The van der Waals surface area contributed by atoms with Gasteiger partial charge in [-0.15, -0.1) is 0 Å². The van der Waals surface area contributed by atoms with Gasteiger partial charge in [0.25, 0.3) is 0 Å². The van der Waals surface area contributed by atoms with E-state index in [1.807, 2.05) is 0 Å². The maximum Gasteiger partial charge on any atom is 0.225 e. The Kier molecular flexibility index (Phi) is 4.58. The highest BCUT2D eigenvalue weighted by Crippen LogP contribution is 2.39. The minimum Gasteiger partial charge on any atom is -0.376 e. The van der Waals surface area contributed by atoms with Gasteiger partial charge in [0.05, 0.1) is 11.8 Å². The lowest BCUT2D eigenvalue weighted by Gasteiger charge is -2.15. The Morgan fingerprint density at radius 2 is 2.19 bits per heavy atom. The van der Waals surface area contributed by atoms with Crippen molar-refractivity contribution < 1.29 is 4.74 Å². The summed E-state index contributed by atoms with van der Waals surface area (Å²) in [4.78, 5) is 9.27. The van der Waals surface area contributed by atoms with Crippen LogP contribution in [0.2, 0.25) is 0 Å². The molecule has 5 nitrogen and oxygen atoms in total. The van der Waals surface area contributed by atoms with E-state index in [9.17, 15) is 0 Å². The summed E-state index contributed by atoms with van der Waals surface area (Å²) in [6.45, 7) is 6.06. The lowest BCUT2D eigenvalue weighted by Crippen LogP contribution is -2.20. The Hall–Kier alpha value is -1.36. The number of hydrogen-bond acceptors (Lipinski definition) is 5. The van der Waals surface area contributed by atoms with Crippen LogP contribution < -0.4 is 10.6 Å². The van der Waals surface area contributed by atoms with E-state index in [2.05, 4.69) is 40.5 Å². The van der Waals surface area contributed by atoms with E-state index in [-0.39, 0.29) is 0 Å². The van der Waals surface area contributed by atoms with E-state index < -0.39 is 0 Å². The molecule has 1 aliphatic heterocycles. The average molecular weight is 290 g/mol. The van der Waals surface area contributed by atoms with Crippen LogP contribution in [-0.2, 0) is 4.74 Å². The van der Waals surface area contributed by atoms with E-state index in [0.29, 0.717) is 18.1 Å². The molecule has 1 saturated heterocycles.